The molecule has 4 heterocycles. The van der Waals surface area contributed by atoms with Crippen molar-refractivity contribution in [2.75, 3.05) is 28.8 Å². The number of hydrogen-bond acceptors (Lipinski definition) is 7. The second-order valence-corrected chi connectivity index (χ2v) is 12.5. The molecular formula is C27H30F2N6O2S. The van der Waals surface area contributed by atoms with Gasteiger partial charge in [0, 0.05) is 61.5 Å². The number of fused-ring (bicyclic) bond motifs is 1. The van der Waals surface area contributed by atoms with Crippen molar-refractivity contribution in [2.24, 2.45) is 13.0 Å². The van der Waals surface area contributed by atoms with Crippen molar-refractivity contribution in [3.8, 4) is 11.3 Å². The number of nitrogens with zero attached hydrogens (tertiary/aromatic N) is 5. The zero-order valence-corrected chi connectivity index (χ0v) is 22.7. The van der Waals surface area contributed by atoms with Gasteiger partial charge in [-0.1, -0.05) is 19.9 Å². The van der Waals surface area contributed by atoms with Gasteiger partial charge in [-0.2, -0.15) is 4.39 Å². The first-order valence-corrected chi connectivity index (χ1v) is 14.5. The maximum atomic E-state index is 15.4. The SMILES string of the molecule is CC(C)c1ccc(N2C[C@H](CS(C)(=O)=O)[C@H]2C)c2cnc(Nc3ccnc(-c4cn(C)nc4F)c3F)cc12. The molecule has 11 heteroatoms. The number of nitrogens with one attached hydrogen (secondary N) is 1. The van der Waals surface area contributed by atoms with E-state index in [1.165, 1.54) is 29.4 Å². The molecule has 1 aliphatic heterocycles. The molecule has 5 rings (SSSR count). The predicted octanol–water partition coefficient (Wildman–Crippen LogP) is 5.04. The second kappa shape index (κ2) is 9.61. The minimum atomic E-state index is -3.05. The molecule has 2 atom stereocenters. The van der Waals surface area contributed by atoms with Gasteiger partial charge in [0.2, 0.25) is 5.95 Å². The topological polar surface area (TPSA) is 93.0 Å². The van der Waals surface area contributed by atoms with Crippen molar-refractivity contribution in [1.29, 1.82) is 0 Å². The molecule has 1 N–H and O–H groups in total. The molecule has 0 aliphatic carbocycles. The van der Waals surface area contributed by atoms with Crippen LogP contribution in [-0.4, -0.2) is 52.8 Å². The highest BCUT2D eigenvalue weighted by Gasteiger charge is 2.38. The number of benzene rings is 1. The van der Waals surface area contributed by atoms with Crippen LogP contribution in [0.3, 0.4) is 0 Å². The van der Waals surface area contributed by atoms with E-state index in [4.69, 9.17) is 0 Å². The fraction of sp³-hybridized carbons (Fsp3) is 0.370. The minimum absolute atomic E-state index is 0.0234. The van der Waals surface area contributed by atoms with Crippen LogP contribution in [0.2, 0.25) is 0 Å². The number of rotatable bonds is 7. The Hall–Kier alpha value is -3.60. The summed E-state index contributed by atoms with van der Waals surface area (Å²) in [6.45, 7) is 6.90. The number of halogens is 2. The number of aryl methyl sites for hydroxylation is 1. The summed E-state index contributed by atoms with van der Waals surface area (Å²) in [6.07, 6.45) is 5.82. The lowest BCUT2D eigenvalue weighted by Gasteiger charge is -2.48. The van der Waals surface area contributed by atoms with Crippen molar-refractivity contribution in [1.82, 2.24) is 19.7 Å². The van der Waals surface area contributed by atoms with Crippen LogP contribution in [0.25, 0.3) is 22.0 Å². The van der Waals surface area contributed by atoms with Gasteiger partial charge in [0.15, 0.2) is 5.82 Å². The van der Waals surface area contributed by atoms with E-state index in [1.807, 2.05) is 13.0 Å². The normalized spacial score (nSPS) is 17.7. The molecule has 8 nitrogen and oxygen atoms in total. The first-order valence-electron chi connectivity index (χ1n) is 12.4. The molecule has 0 saturated carbocycles. The van der Waals surface area contributed by atoms with Crippen molar-refractivity contribution < 1.29 is 17.2 Å². The Morgan fingerprint density at radius 3 is 2.55 bits per heavy atom. The highest BCUT2D eigenvalue weighted by atomic mass is 32.2. The Bertz CT molecular complexity index is 1640. The summed E-state index contributed by atoms with van der Waals surface area (Å²) in [5.74, 6) is -0.593. The van der Waals surface area contributed by atoms with Crippen LogP contribution in [0.4, 0.5) is 26.0 Å². The molecule has 0 radical (unpaired) electrons. The van der Waals surface area contributed by atoms with Gasteiger partial charge in [-0.3, -0.25) is 9.67 Å². The Balaban J connectivity index is 1.50. The van der Waals surface area contributed by atoms with E-state index in [-0.39, 0.29) is 40.6 Å². The van der Waals surface area contributed by atoms with Crippen molar-refractivity contribution in [2.45, 2.75) is 32.7 Å². The maximum absolute atomic E-state index is 15.4. The number of aromatic nitrogens is 4. The first-order chi connectivity index (χ1) is 17.9. The van der Waals surface area contributed by atoms with Crippen molar-refractivity contribution >= 4 is 37.8 Å². The van der Waals surface area contributed by atoms with Crippen LogP contribution in [0, 0.1) is 17.7 Å². The van der Waals surface area contributed by atoms with E-state index < -0.39 is 21.6 Å². The summed E-state index contributed by atoms with van der Waals surface area (Å²) in [5.41, 5.74) is 2.06. The van der Waals surface area contributed by atoms with Crippen LogP contribution in [0.5, 0.6) is 0 Å². The molecule has 1 aromatic carbocycles. The van der Waals surface area contributed by atoms with E-state index in [2.05, 4.69) is 51.3 Å². The summed E-state index contributed by atoms with van der Waals surface area (Å²) in [4.78, 5) is 10.8. The maximum Gasteiger partial charge on any atom is 0.242 e. The van der Waals surface area contributed by atoms with Gasteiger partial charge in [0.1, 0.15) is 21.3 Å². The third-order valence-corrected chi connectivity index (χ3v) is 8.19. The van der Waals surface area contributed by atoms with E-state index in [9.17, 15) is 12.8 Å². The Kier molecular flexibility index (Phi) is 6.58. The number of pyridine rings is 2. The van der Waals surface area contributed by atoms with Crippen LogP contribution < -0.4 is 10.2 Å². The van der Waals surface area contributed by atoms with E-state index in [1.54, 1.807) is 13.2 Å². The number of sulfone groups is 1. The van der Waals surface area contributed by atoms with Gasteiger partial charge in [-0.25, -0.2) is 17.8 Å². The number of hydrogen-bond donors (Lipinski definition) is 1. The van der Waals surface area contributed by atoms with Crippen LogP contribution >= 0.6 is 0 Å². The first kappa shape index (κ1) is 26.0. The zero-order valence-electron chi connectivity index (χ0n) is 21.9. The largest absolute Gasteiger partial charge is 0.368 e. The molecule has 4 aromatic rings. The highest BCUT2D eigenvalue weighted by Crippen LogP contribution is 2.40. The summed E-state index contributed by atoms with van der Waals surface area (Å²) < 4.78 is 54.4. The predicted molar refractivity (Wildman–Crippen MR) is 145 cm³/mol. The molecule has 1 aliphatic rings. The molecule has 1 fully saturated rings. The Morgan fingerprint density at radius 2 is 1.92 bits per heavy atom. The van der Waals surface area contributed by atoms with E-state index in [0.717, 1.165) is 22.0 Å². The molecule has 0 spiro atoms. The van der Waals surface area contributed by atoms with E-state index >= 15 is 4.39 Å². The standard InChI is InChI=1S/C27H30F2N6O2S/c1-15(2)18-6-7-23(35-12-17(16(35)3)14-38(5,36)37)20-11-31-24(10-19(18)20)32-22-8-9-30-26(25(22)28)21-13-34(4)33-27(21)29/h6-11,13,15-17H,12,14H2,1-5H3,(H,30,31,32)/t16-,17-/m1/s1. The zero-order chi connectivity index (χ0) is 27.4. The summed E-state index contributed by atoms with van der Waals surface area (Å²) in [5, 5.41) is 8.59. The average Bonchev–Trinajstić information content (AvgIpc) is 3.18. The molecule has 0 amide bonds. The molecule has 3 aromatic heterocycles. The van der Waals surface area contributed by atoms with Crippen molar-refractivity contribution in [3.05, 3.63) is 60.2 Å². The fourth-order valence-corrected chi connectivity index (χ4v) is 6.30. The summed E-state index contributed by atoms with van der Waals surface area (Å²) >= 11 is 0. The van der Waals surface area contributed by atoms with Gasteiger partial charge < -0.3 is 10.2 Å². The Morgan fingerprint density at radius 1 is 1.16 bits per heavy atom. The quantitative estimate of drug-likeness (QED) is 0.351. The third kappa shape index (κ3) is 4.82. The lowest BCUT2D eigenvalue weighted by atomic mass is 9.88. The van der Waals surface area contributed by atoms with Gasteiger partial charge >= 0.3 is 0 Å². The van der Waals surface area contributed by atoms with E-state index in [0.29, 0.717) is 12.4 Å². The number of anilines is 3. The van der Waals surface area contributed by atoms with Crippen LogP contribution in [0.1, 0.15) is 32.3 Å². The third-order valence-electron chi connectivity index (χ3n) is 7.16. The van der Waals surface area contributed by atoms with Gasteiger partial charge in [0.25, 0.3) is 0 Å². The summed E-state index contributed by atoms with van der Waals surface area (Å²) in [6, 6.07) is 7.59. The monoisotopic (exact) mass is 540 g/mol. The molecule has 200 valence electrons. The van der Waals surface area contributed by atoms with Gasteiger partial charge in [0.05, 0.1) is 17.0 Å². The average molecular weight is 541 g/mol. The molecule has 0 unspecified atom stereocenters. The second-order valence-electron chi connectivity index (χ2n) is 10.3. The highest BCUT2D eigenvalue weighted by molar-refractivity contribution is 7.90. The van der Waals surface area contributed by atoms with Crippen LogP contribution in [-0.2, 0) is 16.9 Å². The lowest BCUT2D eigenvalue weighted by Crippen LogP contribution is -2.57. The van der Waals surface area contributed by atoms with Gasteiger partial charge in [-0.05, 0) is 42.0 Å². The Labute approximate surface area is 220 Å². The minimum Gasteiger partial charge on any atom is -0.368 e. The molecule has 0 bridgehead atoms. The molecular weight excluding hydrogens is 510 g/mol. The molecule has 1 saturated heterocycles. The van der Waals surface area contributed by atoms with Gasteiger partial charge in [-0.15, -0.1) is 5.10 Å². The lowest BCUT2D eigenvalue weighted by molar-refractivity contribution is 0.342. The molecule has 38 heavy (non-hydrogen) atoms. The van der Waals surface area contributed by atoms with Crippen LogP contribution in [0.15, 0.2) is 42.9 Å². The van der Waals surface area contributed by atoms with Crippen molar-refractivity contribution in [3.63, 3.8) is 0 Å². The smallest absolute Gasteiger partial charge is 0.242 e. The summed E-state index contributed by atoms with van der Waals surface area (Å²) in [7, 11) is -1.50. The fourth-order valence-electron chi connectivity index (χ4n) is 5.14.